The molecule has 27 heavy (non-hydrogen) atoms. The van der Waals surface area contributed by atoms with Gasteiger partial charge in [-0.15, -0.1) is 0 Å². The highest BCUT2D eigenvalue weighted by atomic mass is 16.5. The summed E-state index contributed by atoms with van der Waals surface area (Å²) in [7, 11) is 0. The van der Waals surface area contributed by atoms with Crippen molar-refractivity contribution in [2.75, 3.05) is 6.54 Å². The van der Waals surface area contributed by atoms with E-state index in [4.69, 9.17) is 4.52 Å². The van der Waals surface area contributed by atoms with Gasteiger partial charge in [-0.05, 0) is 31.9 Å². The standard InChI is InChI=1S/C19H21N5O3/c1-13-6-7-14(18-10-15(12-25)22-27-18)11-23(13)19(26)16-4-2-3-5-17(16)24-20-8-9-21-24/h2-5,8-10,13-14,25H,6-7,11-12H2,1H3/t13-,14?/m1/s1. The third-order valence-electron chi connectivity index (χ3n) is 5.05. The number of aliphatic hydroxyl groups excluding tert-OH is 1. The maximum atomic E-state index is 13.3. The van der Waals surface area contributed by atoms with Crippen molar-refractivity contribution in [3.8, 4) is 5.69 Å². The van der Waals surface area contributed by atoms with E-state index in [1.54, 1.807) is 24.5 Å². The first-order chi connectivity index (χ1) is 13.2. The van der Waals surface area contributed by atoms with Crippen molar-refractivity contribution in [2.24, 2.45) is 0 Å². The second-order valence-corrected chi connectivity index (χ2v) is 6.80. The Hall–Kier alpha value is -3.00. The number of para-hydroxylation sites is 1. The van der Waals surface area contributed by atoms with Crippen LogP contribution in [-0.2, 0) is 6.61 Å². The van der Waals surface area contributed by atoms with E-state index >= 15 is 0 Å². The summed E-state index contributed by atoms with van der Waals surface area (Å²) in [5, 5.41) is 21.4. The number of likely N-dealkylation sites (tertiary alicyclic amines) is 1. The molecule has 1 unspecified atom stereocenters. The van der Waals surface area contributed by atoms with Crippen LogP contribution in [0.15, 0.2) is 47.2 Å². The van der Waals surface area contributed by atoms with Crippen LogP contribution in [-0.4, -0.2) is 48.7 Å². The number of amides is 1. The van der Waals surface area contributed by atoms with Gasteiger partial charge in [-0.25, -0.2) is 0 Å². The maximum Gasteiger partial charge on any atom is 0.256 e. The number of aromatic nitrogens is 4. The lowest BCUT2D eigenvalue weighted by molar-refractivity contribution is 0.0596. The molecule has 0 saturated carbocycles. The molecule has 0 radical (unpaired) electrons. The van der Waals surface area contributed by atoms with E-state index in [9.17, 15) is 9.90 Å². The molecule has 4 rings (SSSR count). The average molecular weight is 367 g/mol. The van der Waals surface area contributed by atoms with Gasteiger partial charge in [-0.1, -0.05) is 17.3 Å². The molecule has 0 spiro atoms. The summed E-state index contributed by atoms with van der Waals surface area (Å²) in [6.45, 7) is 2.45. The van der Waals surface area contributed by atoms with Gasteiger partial charge < -0.3 is 14.5 Å². The molecule has 1 amide bonds. The monoisotopic (exact) mass is 367 g/mol. The molecule has 2 atom stereocenters. The summed E-state index contributed by atoms with van der Waals surface area (Å²) in [6, 6.07) is 9.23. The summed E-state index contributed by atoms with van der Waals surface area (Å²) >= 11 is 0. The zero-order valence-corrected chi connectivity index (χ0v) is 15.0. The lowest BCUT2D eigenvalue weighted by atomic mass is 9.90. The Morgan fingerprint density at radius 2 is 2.04 bits per heavy atom. The molecular formula is C19H21N5O3. The van der Waals surface area contributed by atoms with Crippen molar-refractivity contribution >= 4 is 5.91 Å². The number of aliphatic hydroxyl groups is 1. The van der Waals surface area contributed by atoms with Gasteiger partial charge in [0.25, 0.3) is 5.91 Å². The van der Waals surface area contributed by atoms with E-state index in [0.717, 1.165) is 12.8 Å². The van der Waals surface area contributed by atoms with E-state index in [2.05, 4.69) is 22.3 Å². The number of hydrogen-bond acceptors (Lipinski definition) is 6. The van der Waals surface area contributed by atoms with Crippen LogP contribution in [0.3, 0.4) is 0 Å². The average Bonchev–Trinajstić information content (AvgIpc) is 3.40. The zero-order valence-electron chi connectivity index (χ0n) is 15.0. The quantitative estimate of drug-likeness (QED) is 0.759. The summed E-state index contributed by atoms with van der Waals surface area (Å²) in [5.74, 6) is 0.723. The van der Waals surface area contributed by atoms with Crippen molar-refractivity contribution in [1.82, 2.24) is 25.1 Å². The minimum absolute atomic E-state index is 0.0537. The van der Waals surface area contributed by atoms with Gasteiger partial charge in [0.1, 0.15) is 11.5 Å². The number of carbonyl (C=O) groups is 1. The molecule has 8 nitrogen and oxygen atoms in total. The zero-order chi connectivity index (χ0) is 18.8. The van der Waals surface area contributed by atoms with Gasteiger partial charge in [0, 0.05) is 24.6 Å². The van der Waals surface area contributed by atoms with Crippen molar-refractivity contribution in [3.05, 3.63) is 59.7 Å². The second kappa shape index (κ2) is 7.32. The fraction of sp³-hybridized carbons (Fsp3) is 0.368. The molecule has 1 aliphatic rings. The molecular weight excluding hydrogens is 346 g/mol. The van der Waals surface area contributed by atoms with Gasteiger partial charge in [0.2, 0.25) is 0 Å². The topological polar surface area (TPSA) is 97.3 Å². The molecule has 1 aromatic carbocycles. The van der Waals surface area contributed by atoms with Crippen LogP contribution in [0.4, 0.5) is 0 Å². The van der Waals surface area contributed by atoms with Crippen LogP contribution in [0, 0.1) is 0 Å². The molecule has 1 fully saturated rings. The number of nitrogens with zero attached hydrogens (tertiary/aromatic N) is 5. The minimum atomic E-state index is -0.153. The van der Waals surface area contributed by atoms with Crippen molar-refractivity contribution in [3.63, 3.8) is 0 Å². The molecule has 0 aliphatic carbocycles. The van der Waals surface area contributed by atoms with E-state index in [1.165, 1.54) is 4.80 Å². The minimum Gasteiger partial charge on any atom is -0.390 e. The summed E-state index contributed by atoms with van der Waals surface area (Å²) in [4.78, 5) is 16.7. The second-order valence-electron chi connectivity index (χ2n) is 6.80. The van der Waals surface area contributed by atoms with Crippen LogP contribution in [0.25, 0.3) is 5.69 Å². The van der Waals surface area contributed by atoms with Crippen LogP contribution in [0.2, 0.25) is 0 Å². The Bertz CT molecular complexity index is 921. The van der Waals surface area contributed by atoms with E-state index in [-0.39, 0.29) is 24.5 Å². The van der Waals surface area contributed by atoms with Gasteiger partial charge >= 0.3 is 0 Å². The fourth-order valence-corrected chi connectivity index (χ4v) is 3.54. The third-order valence-corrected chi connectivity index (χ3v) is 5.05. The number of rotatable bonds is 4. The van der Waals surface area contributed by atoms with Crippen LogP contribution in [0.1, 0.15) is 47.5 Å². The van der Waals surface area contributed by atoms with E-state index in [1.807, 2.05) is 23.1 Å². The smallest absolute Gasteiger partial charge is 0.256 e. The highest BCUT2D eigenvalue weighted by molar-refractivity contribution is 5.98. The lowest BCUT2D eigenvalue weighted by Crippen LogP contribution is -2.45. The Kier molecular flexibility index (Phi) is 4.72. The van der Waals surface area contributed by atoms with Crippen molar-refractivity contribution < 1.29 is 14.4 Å². The Morgan fingerprint density at radius 3 is 2.78 bits per heavy atom. The predicted molar refractivity (Wildman–Crippen MR) is 96.3 cm³/mol. The Labute approximate surface area is 156 Å². The number of hydrogen-bond donors (Lipinski definition) is 1. The molecule has 2 aromatic heterocycles. The first-order valence-electron chi connectivity index (χ1n) is 9.00. The number of benzene rings is 1. The highest BCUT2D eigenvalue weighted by Gasteiger charge is 2.33. The van der Waals surface area contributed by atoms with Gasteiger partial charge in [0.05, 0.1) is 30.3 Å². The van der Waals surface area contributed by atoms with Crippen LogP contribution < -0.4 is 0 Å². The Morgan fingerprint density at radius 1 is 1.26 bits per heavy atom. The van der Waals surface area contributed by atoms with Gasteiger partial charge in [0.15, 0.2) is 0 Å². The largest absolute Gasteiger partial charge is 0.390 e. The first-order valence-corrected chi connectivity index (χ1v) is 9.00. The summed E-state index contributed by atoms with van der Waals surface area (Å²) in [6.07, 6.45) is 4.95. The fourth-order valence-electron chi connectivity index (χ4n) is 3.54. The van der Waals surface area contributed by atoms with Gasteiger partial charge in [-0.2, -0.15) is 15.0 Å². The molecule has 1 N–H and O–H groups in total. The van der Waals surface area contributed by atoms with E-state index in [0.29, 0.717) is 29.2 Å². The Balaban J connectivity index is 1.61. The molecule has 0 bridgehead atoms. The molecule has 140 valence electrons. The van der Waals surface area contributed by atoms with Gasteiger partial charge in [-0.3, -0.25) is 4.79 Å². The maximum absolute atomic E-state index is 13.3. The summed E-state index contributed by atoms with van der Waals surface area (Å²) < 4.78 is 5.37. The molecule has 3 aromatic rings. The van der Waals surface area contributed by atoms with Crippen LogP contribution in [0.5, 0.6) is 0 Å². The summed E-state index contributed by atoms with van der Waals surface area (Å²) in [5.41, 5.74) is 1.73. The molecule has 3 heterocycles. The predicted octanol–water partition coefficient (Wildman–Crippen LogP) is 2.16. The molecule has 8 heteroatoms. The van der Waals surface area contributed by atoms with E-state index < -0.39 is 0 Å². The normalized spacial score (nSPS) is 20.0. The molecule has 1 aliphatic heterocycles. The molecule has 1 saturated heterocycles. The van der Waals surface area contributed by atoms with Crippen molar-refractivity contribution in [1.29, 1.82) is 0 Å². The first kappa shape index (κ1) is 17.4. The van der Waals surface area contributed by atoms with Crippen LogP contribution >= 0.6 is 0 Å². The number of piperidine rings is 1. The number of carbonyl (C=O) groups excluding carboxylic acids is 1. The third kappa shape index (κ3) is 3.35. The SMILES string of the molecule is C[C@@H]1CCC(c2cc(CO)no2)CN1C(=O)c1ccccc1-n1nccn1. The highest BCUT2D eigenvalue weighted by Crippen LogP contribution is 2.32. The lowest BCUT2D eigenvalue weighted by Gasteiger charge is -2.37. The van der Waals surface area contributed by atoms with Crippen molar-refractivity contribution in [2.45, 2.75) is 38.3 Å².